The topological polar surface area (TPSA) is 90.4 Å². The van der Waals surface area contributed by atoms with E-state index in [1.807, 2.05) is 0 Å². The van der Waals surface area contributed by atoms with Gasteiger partial charge >= 0.3 is 7.60 Å². The summed E-state index contributed by atoms with van der Waals surface area (Å²) < 4.78 is 12.5. The van der Waals surface area contributed by atoms with Gasteiger partial charge in [0, 0.05) is 20.4 Å². The van der Waals surface area contributed by atoms with Crippen LogP contribution in [0.1, 0.15) is 5.56 Å². The first-order chi connectivity index (χ1) is 8.26. The third-order valence-corrected chi connectivity index (χ3v) is 4.15. The molecule has 1 aromatic heterocycles. The van der Waals surface area contributed by atoms with Crippen molar-refractivity contribution < 1.29 is 14.4 Å². The summed E-state index contributed by atoms with van der Waals surface area (Å²) in [5.41, 5.74) is 0.449. The van der Waals surface area contributed by atoms with Crippen LogP contribution in [-0.2, 0) is 10.7 Å². The monoisotopic (exact) mass is 395 g/mol. The third-order valence-electron chi connectivity index (χ3n) is 2.32. The molecule has 0 fully saturated rings. The Hall–Kier alpha value is -0.460. The Balaban J connectivity index is 2.80. The van der Waals surface area contributed by atoms with Crippen molar-refractivity contribution in [1.29, 1.82) is 0 Å². The zero-order valence-corrected chi connectivity index (χ0v) is 12.9. The van der Waals surface area contributed by atoms with Crippen molar-refractivity contribution in [3.05, 3.63) is 43.1 Å². The van der Waals surface area contributed by atoms with Crippen LogP contribution >= 0.6 is 39.5 Å². The van der Waals surface area contributed by atoms with E-state index in [0.29, 0.717) is 20.9 Å². The van der Waals surface area contributed by atoms with Gasteiger partial charge in [-0.2, -0.15) is 0 Å². The van der Waals surface area contributed by atoms with Crippen molar-refractivity contribution in [1.82, 2.24) is 4.98 Å². The number of hydrogen-bond donors (Lipinski definition) is 3. The van der Waals surface area contributed by atoms with Crippen molar-refractivity contribution >= 4 is 50.4 Å². The fourth-order valence-corrected chi connectivity index (χ4v) is 3.92. The molecule has 96 valence electrons. The minimum atomic E-state index is -4.23. The van der Waals surface area contributed by atoms with Gasteiger partial charge in [0.2, 0.25) is 5.56 Å². The Kier molecular flexibility index (Phi) is 3.80. The van der Waals surface area contributed by atoms with Gasteiger partial charge in [0.05, 0.1) is 11.7 Å². The molecular weight excluding hydrogens is 389 g/mol. The van der Waals surface area contributed by atoms with Crippen LogP contribution < -0.4 is 5.56 Å². The van der Waals surface area contributed by atoms with Crippen molar-refractivity contribution in [2.75, 3.05) is 0 Å². The maximum Gasteiger partial charge on any atom is 0.329 e. The molecule has 0 saturated heterocycles. The van der Waals surface area contributed by atoms with Crippen LogP contribution in [0.2, 0.25) is 0 Å². The highest BCUT2D eigenvalue weighted by Crippen LogP contribution is 2.41. The highest BCUT2D eigenvalue weighted by atomic mass is 79.9. The van der Waals surface area contributed by atoms with Crippen molar-refractivity contribution in [3.63, 3.8) is 0 Å². The Morgan fingerprint density at radius 2 is 1.89 bits per heavy atom. The van der Waals surface area contributed by atoms with E-state index in [2.05, 4.69) is 36.8 Å². The predicted molar refractivity (Wildman–Crippen MR) is 75.7 cm³/mol. The predicted octanol–water partition coefficient (Wildman–Crippen LogP) is 2.73. The fourth-order valence-electron chi connectivity index (χ4n) is 1.74. The molecule has 0 atom stereocenters. The summed E-state index contributed by atoms with van der Waals surface area (Å²) in [6.45, 7) is 0. The molecule has 0 aliphatic heterocycles. The molecule has 1 aromatic carbocycles. The Morgan fingerprint density at radius 1 is 1.22 bits per heavy atom. The maximum absolute atomic E-state index is 11.5. The molecule has 0 unspecified atom stereocenters. The van der Waals surface area contributed by atoms with Gasteiger partial charge in [0.15, 0.2) is 0 Å². The lowest BCUT2D eigenvalue weighted by atomic mass is 10.1. The van der Waals surface area contributed by atoms with Crippen LogP contribution in [0.25, 0.3) is 10.9 Å². The summed E-state index contributed by atoms with van der Waals surface area (Å²) in [6.07, 6.45) is -0.465. The lowest BCUT2D eigenvalue weighted by Gasteiger charge is -2.09. The number of aromatic amines is 1. The molecule has 1 heterocycles. The molecule has 18 heavy (non-hydrogen) atoms. The number of H-pyrrole nitrogens is 1. The second-order valence-corrected chi connectivity index (χ2v) is 7.21. The largest absolute Gasteiger partial charge is 0.329 e. The number of benzene rings is 1. The molecule has 0 bridgehead atoms. The molecule has 0 radical (unpaired) electrons. The van der Waals surface area contributed by atoms with Crippen LogP contribution in [0.5, 0.6) is 0 Å². The first-order valence-electron chi connectivity index (χ1n) is 4.82. The average molecular weight is 397 g/mol. The number of halogens is 2. The second-order valence-electron chi connectivity index (χ2n) is 3.79. The summed E-state index contributed by atoms with van der Waals surface area (Å²) >= 11 is 6.61. The quantitative estimate of drug-likeness (QED) is 0.681. The van der Waals surface area contributed by atoms with Crippen LogP contribution in [0.3, 0.4) is 0 Å². The molecule has 0 spiro atoms. The number of fused-ring (bicyclic) bond motifs is 1. The van der Waals surface area contributed by atoms with Crippen LogP contribution in [0.4, 0.5) is 0 Å². The lowest BCUT2D eigenvalue weighted by molar-refractivity contribution is 0.372. The fraction of sp³-hybridized carbons (Fsp3) is 0.100. The van der Waals surface area contributed by atoms with E-state index in [0.717, 1.165) is 4.47 Å². The van der Waals surface area contributed by atoms with Gasteiger partial charge in [-0.05, 0) is 17.7 Å². The third kappa shape index (κ3) is 3.10. The van der Waals surface area contributed by atoms with Crippen molar-refractivity contribution in [2.24, 2.45) is 0 Å². The normalized spacial score (nSPS) is 12.0. The van der Waals surface area contributed by atoms with Crippen LogP contribution in [-0.4, -0.2) is 14.8 Å². The van der Waals surface area contributed by atoms with Crippen molar-refractivity contribution in [2.45, 2.75) is 6.16 Å². The smallest absolute Gasteiger partial charge is 0.324 e. The highest BCUT2D eigenvalue weighted by Gasteiger charge is 2.18. The number of pyridine rings is 1. The van der Waals surface area contributed by atoms with E-state index < -0.39 is 19.3 Å². The van der Waals surface area contributed by atoms with Gasteiger partial charge in [-0.25, -0.2) is 0 Å². The minimum absolute atomic E-state index is 0.321. The summed E-state index contributed by atoms with van der Waals surface area (Å²) in [6, 6.07) is 4.65. The summed E-state index contributed by atoms with van der Waals surface area (Å²) in [5.74, 6) is 0. The molecule has 2 aromatic rings. The van der Waals surface area contributed by atoms with Gasteiger partial charge in [-0.1, -0.05) is 31.9 Å². The van der Waals surface area contributed by atoms with E-state index in [1.54, 1.807) is 12.1 Å². The molecule has 5 nitrogen and oxygen atoms in total. The molecule has 0 saturated carbocycles. The average Bonchev–Trinajstić information content (AvgIpc) is 2.11. The SMILES string of the molecule is O=c1cc(CP(=O)(O)O)c2c(Br)cc(Br)cc2[nH]1. The number of nitrogens with one attached hydrogen (secondary N) is 1. The number of rotatable bonds is 2. The highest BCUT2D eigenvalue weighted by molar-refractivity contribution is 9.11. The molecule has 0 aliphatic rings. The maximum atomic E-state index is 11.5. The van der Waals surface area contributed by atoms with Crippen LogP contribution in [0.15, 0.2) is 31.9 Å². The van der Waals surface area contributed by atoms with Gasteiger partial charge in [-0.3, -0.25) is 9.36 Å². The molecule has 0 amide bonds. The molecule has 8 heteroatoms. The number of aromatic nitrogens is 1. The van der Waals surface area contributed by atoms with E-state index in [-0.39, 0.29) is 0 Å². The van der Waals surface area contributed by atoms with Gasteiger partial charge in [-0.15, -0.1) is 0 Å². The summed E-state index contributed by atoms with van der Waals surface area (Å²) in [7, 11) is -4.23. The standard InChI is InChI=1S/C10H8Br2NO4P/c11-6-2-7(12)10-5(4-18(15,16)17)1-9(14)13-8(10)3-6/h1-3H,4H2,(H,13,14)(H2,15,16,17). The van der Waals surface area contributed by atoms with E-state index >= 15 is 0 Å². The summed E-state index contributed by atoms with van der Waals surface area (Å²) in [4.78, 5) is 32.2. The minimum Gasteiger partial charge on any atom is -0.324 e. The number of hydrogen-bond acceptors (Lipinski definition) is 2. The van der Waals surface area contributed by atoms with Gasteiger partial charge in [0.1, 0.15) is 0 Å². The lowest BCUT2D eigenvalue weighted by Crippen LogP contribution is -2.07. The zero-order valence-electron chi connectivity index (χ0n) is 8.85. The molecule has 3 N–H and O–H groups in total. The molecular formula is C10H8Br2NO4P. The van der Waals surface area contributed by atoms with E-state index in [9.17, 15) is 9.36 Å². The molecule has 0 aliphatic carbocycles. The first-order valence-corrected chi connectivity index (χ1v) is 8.20. The van der Waals surface area contributed by atoms with Crippen molar-refractivity contribution in [3.8, 4) is 0 Å². The second kappa shape index (κ2) is 4.90. The van der Waals surface area contributed by atoms with Crippen LogP contribution in [0, 0.1) is 0 Å². The van der Waals surface area contributed by atoms with E-state index in [1.165, 1.54) is 6.07 Å². The Bertz CT molecular complexity index is 722. The first kappa shape index (κ1) is 14.0. The van der Waals surface area contributed by atoms with E-state index in [4.69, 9.17) is 9.79 Å². The summed E-state index contributed by atoms with van der Waals surface area (Å²) in [5, 5.41) is 0.598. The Labute approximate surface area is 119 Å². The molecule has 2 rings (SSSR count). The van der Waals surface area contributed by atoms with Gasteiger partial charge < -0.3 is 14.8 Å². The Morgan fingerprint density at radius 3 is 2.50 bits per heavy atom. The zero-order chi connectivity index (χ0) is 13.5. The van der Waals surface area contributed by atoms with Gasteiger partial charge in [0.25, 0.3) is 0 Å².